The first-order valence-electron chi connectivity index (χ1n) is 6.53. The number of benzene rings is 2. The predicted molar refractivity (Wildman–Crippen MR) is 81.5 cm³/mol. The minimum atomic E-state index is -4.02. The van der Waals surface area contributed by atoms with Crippen LogP contribution < -0.4 is 4.18 Å². The number of carbonyl (C=O) groups excluding carboxylic acids is 1. The number of aryl methyl sites for hydroxylation is 2. The molecule has 0 unspecified atom stereocenters. The fourth-order valence-electron chi connectivity index (χ4n) is 1.86. The van der Waals surface area contributed by atoms with E-state index < -0.39 is 16.1 Å². The average Bonchev–Trinajstić information content (AvgIpc) is 2.50. The van der Waals surface area contributed by atoms with E-state index in [4.69, 9.17) is 4.18 Å². The third kappa shape index (κ3) is 3.46. The zero-order chi connectivity index (χ0) is 16.3. The highest BCUT2D eigenvalue weighted by Crippen LogP contribution is 2.24. The Morgan fingerprint density at radius 3 is 2.45 bits per heavy atom. The Balaban J connectivity index is 2.38. The Labute approximate surface area is 129 Å². The summed E-state index contributed by atoms with van der Waals surface area (Å²) in [6.45, 7) is 3.60. The lowest BCUT2D eigenvalue weighted by atomic mass is 10.1. The highest BCUT2D eigenvalue weighted by Gasteiger charge is 2.19. The molecule has 0 spiro atoms. The van der Waals surface area contributed by atoms with Gasteiger partial charge in [0, 0.05) is 0 Å². The van der Waals surface area contributed by atoms with Crippen LogP contribution in [0.5, 0.6) is 5.75 Å². The van der Waals surface area contributed by atoms with Crippen molar-refractivity contribution in [2.45, 2.75) is 18.7 Å². The van der Waals surface area contributed by atoms with E-state index in [-0.39, 0.29) is 16.2 Å². The molecule has 2 aromatic carbocycles. The molecule has 22 heavy (non-hydrogen) atoms. The van der Waals surface area contributed by atoms with Crippen molar-refractivity contribution in [1.29, 1.82) is 0 Å². The maximum Gasteiger partial charge on any atom is 0.339 e. The fourth-order valence-corrected chi connectivity index (χ4v) is 2.89. The Kier molecular flexibility index (Phi) is 4.51. The van der Waals surface area contributed by atoms with Crippen LogP contribution >= 0.6 is 0 Å². The summed E-state index contributed by atoms with van der Waals surface area (Å²) in [6, 6.07) is 10.8. The van der Waals surface area contributed by atoms with Crippen LogP contribution in [0, 0.1) is 13.8 Å². The Morgan fingerprint density at radius 1 is 1.05 bits per heavy atom. The molecule has 0 aliphatic heterocycles. The normalized spacial score (nSPS) is 11.0. The molecule has 0 aliphatic carbocycles. The molecule has 0 atom stereocenters. The van der Waals surface area contributed by atoms with E-state index in [2.05, 4.69) is 4.74 Å². The standard InChI is InChI=1S/C16H16O5S/c1-11-7-8-12(2)15(9-11)21-22(18,19)14-6-4-5-13(10-14)16(17)20-3/h4-10H,1-3H3. The van der Waals surface area contributed by atoms with Crippen molar-refractivity contribution in [3.05, 3.63) is 59.2 Å². The van der Waals surface area contributed by atoms with Gasteiger partial charge in [-0.2, -0.15) is 8.42 Å². The first-order chi connectivity index (χ1) is 10.3. The van der Waals surface area contributed by atoms with Crippen LogP contribution in [0.25, 0.3) is 0 Å². The summed E-state index contributed by atoms with van der Waals surface area (Å²) >= 11 is 0. The van der Waals surface area contributed by atoms with Gasteiger partial charge < -0.3 is 8.92 Å². The first kappa shape index (κ1) is 16.0. The Hall–Kier alpha value is -2.34. The van der Waals surface area contributed by atoms with Gasteiger partial charge in [0.2, 0.25) is 0 Å². The number of rotatable bonds is 4. The van der Waals surface area contributed by atoms with Crippen molar-refractivity contribution in [2.75, 3.05) is 7.11 Å². The van der Waals surface area contributed by atoms with Gasteiger partial charge in [0.25, 0.3) is 0 Å². The minimum absolute atomic E-state index is 0.101. The molecule has 0 aromatic heterocycles. The van der Waals surface area contributed by atoms with E-state index in [1.807, 2.05) is 13.0 Å². The number of ether oxygens (including phenoxy) is 1. The van der Waals surface area contributed by atoms with Gasteiger partial charge in [-0.1, -0.05) is 18.2 Å². The molecule has 0 bridgehead atoms. The van der Waals surface area contributed by atoms with Crippen LogP contribution in [0.2, 0.25) is 0 Å². The summed E-state index contributed by atoms with van der Waals surface area (Å²) in [5, 5.41) is 0. The topological polar surface area (TPSA) is 69.7 Å². The maximum absolute atomic E-state index is 12.4. The monoisotopic (exact) mass is 320 g/mol. The van der Waals surface area contributed by atoms with E-state index >= 15 is 0 Å². The van der Waals surface area contributed by atoms with Gasteiger partial charge in [0.1, 0.15) is 10.6 Å². The lowest BCUT2D eigenvalue weighted by Gasteiger charge is -2.10. The lowest BCUT2D eigenvalue weighted by Crippen LogP contribution is -2.12. The molecule has 0 heterocycles. The van der Waals surface area contributed by atoms with Gasteiger partial charge in [0.05, 0.1) is 12.7 Å². The van der Waals surface area contributed by atoms with Gasteiger partial charge in [-0.05, 0) is 49.2 Å². The third-order valence-corrected chi connectivity index (χ3v) is 4.32. The molecule has 0 saturated carbocycles. The molecular formula is C16H16O5S. The van der Waals surface area contributed by atoms with E-state index in [0.717, 1.165) is 5.56 Å². The quantitative estimate of drug-likeness (QED) is 0.640. The Morgan fingerprint density at radius 2 is 1.77 bits per heavy atom. The smallest absolute Gasteiger partial charge is 0.339 e. The molecule has 116 valence electrons. The van der Waals surface area contributed by atoms with E-state index in [1.165, 1.54) is 31.4 Å². The molecule has 0 amide bonds. The van der Waals surface area contributed by atoms with Crippen LogP contribution in [-0.2, 0) is 14.9 Å². The second-order valence-electron chi connectivity index (χ2n) is 4.83. The first-order valence-corrected chi connectivity index (χ1v) is 7.94. The number of carbonyl (C=O) groups is 1. The van der Waals surface area contributed by atoms with Crippen molar-refractivity contribution in [3.63, 3.8) is 0 Å². The molecule has 0 aliphatic rings. The highest BCUT2D eigenvalue weighted by molar-refractivity contribution is 7.87. The zero-order valence-electron chi connectivity index (χ0n) is 12.5. The van der Waals surface area contributed by atoms with Gasteiger partial charge in [-0.3, -0.25) is 0 Å². The number of esters is 1. The molecular weight excluding hydrogens is 304 g/mol. The molecule has 0 radical (unpaired) electrons. The van der Waals surface area contributed by atoms with Crippen LogP contribution in [-0.4, -0.2) is 21.5 Å². The number of hydrogen-bond donors (Lipinski definition) is 0. The number of methoxy groups -OCH3 is 1. The SMILES string of the molecule is COC(=O)c1cccc(S(=O)(=O)Oc2cc(C)ccc2C)c1. The van der Waals surface area contributed by atoms with Gasteiger partial charge >= 0.3 is 16.1 Å². The maximum atomic E-state index is 12.4. The van der Waals surface area contributed by atoms with Crippen LogP contribution in [0.1, 0.15) is 21.5 Å². The molecule has 0 saturated heterocycles. The van der Waals surface area contributed by atoms with Crippen molar-refractivity contribution in [3.8, 4) is 5.75 Å². The predicted octanol–water partition coefficient (Wildman–Crippen LogP) is 2.86. The largest absolute Gasteiger partial charge is 0.465 e. The molecule has 2 rings (SSSR count). The van der Waals surface area contributed by atoms with Crippen LogP contribution in [0.3, 0.4) is 0 Å². The van der Waals surface area contributed by atoms with Gasteiger partial charge in [0.15, 0.2) is 0 Å². The Bertz CT molecular complexity index is 809. The van der Waals surface area contributed by atoms with Crippen molar-refractivity contribution < 1.29 is 22.1 Å². The fraction of sp³-hybridized carbons (Fsp3) is 0.188. The van der Waals surface area contributed by atoms with Gasteiger partial charge in [-0.15, -0.1) is 0 Å². The van der Waals surface area contributed by atoms with E-state index in [9.17, 15) is 13.2 Å². The van der Waals surface area contributed by atoms with E-state index in [0.29, 0.717) is 5.56 Å². The van der Waals surface area contributed by atoms with Gasteiger partial charge in [-0.25, -0.2) is 4.79 Å². The molecule has 2 aromatic rings. The molecule has 5 nitrogen and oxygen atoms in total. The molecule has 6 heteroatoms. The van der Waals surface area contributed by atoms with Crippen molar-refractivity contribution >= 4 is 16.1 Å². The summed E-state index contributed by atoms with van der Waals surface area (Å²) in [5.41, 5.74) is 1.74. The molecule has 0 N–H and O–H groups in total. The summed E-state index contributed by atoms with van der Waals surface area (Å²) in [6.07, 6.45) is 0. The summed E-state index contributed by atoms with van der Waals surface area (Å²) in [7, 11) is -2.79. The van der Waals surface area contributed by atoms with E-state index in [1.54, 1.807) is 19.1 Å². The third-order valence-electron chi connectivity index (χ3n) is 3.09. The van der Waals surface area contributed by atoms with Crippen molar-refractivity contribution in [1.82, 2.24) is 0 Å². The summed E-state index contributed by atoms with van der Waals surface area (Å²) in [4.78, 5) is 11.4. The van der Waals surface area contributed by atoms with Crippen LogP contribution in [0.4, 0.5) is 0 Å². The second-order valence-corrected chi connectivity index (χ2v) is 6.37. The molecule has 0 fully saturated rings. The zero-order valence-corrected chi connectivity index (χ0v) is 13.3. The summed E-state index contributed by atoms with van der Waals surface area (Å²) < 4.78 is 34.5. The highest BCUT2D eigenvalue weighted by atomic mass is 32.2. The lowest BCUT2D eigenvalue weighted by molar-refractivity contribution is 0.0600. The van der Waals surface area contributed by atoms with Crippen LogP contribution in [0.15, 0.2) is 47.4 Å². The average molecular weight is 320 g/mol. The second kappa shape index (κ2) is 6.19. The minimum Gasteiger partial charge on any atom is -0.465 e. The summed E-state index contributed by atoms with van der Waals surface area (Å²) in [5.74, 6) is -0.341. The number of hydrogen-bond acceptors (Lipinski definition) is 5. The van der Waals surface area contributed by atoms with Crippen molar-refractivity contribution in [2.24, 2.45) is 0 Å².